The first-order chi connectivity index (χ1) is 22.2. The maximum Gasteiger partial charge on any atom is 0.338 e. The lowest BCUT2D eigenvalue weighted by Gasteiger charge is -2.30. The summed E-state index contributed by atoms with van der Waals surface area (Å²) in [6.45, 7) is 3.67. The fourth-order valence-corrected chi connectivity index (χ4v) is 6.22. The fraction of sp³-hybridized carbons (Fsp3) is 0.176. The number of ether oxygens (including phenoxy) is 3. The smallest absolute Gasteiger partial charge is 0.338 e. The summed E-state index contributed by atoms with van der Waals surface area (Å²) in [6, 6.07) is 24.0. The van der Waals surface area contributed by atoms with Crippen LogP contribution in [0.3, 0.4) is 0 Å². The highest BCUT2D eigenvalue weighted by molar-refractivity contribution is 9.10. The summed E-state index contributed by atoms with van der Waals surface area (Å²) < 4.78 is 18.0. The van der Waals surface area contributed by atoms with E-state index in [0.29, 0.717) is 55.1 Å². The van der Waals surface area contributed by atoms with E-state index in [1.807, 2.05) is 24.3 Å². The molecule has 1 aliphatic rings. The topological polar surface area (TPSA) is 110 Å². The van der Waals surface area contributed by atoms with Gasteiger partial charge in [0.2, 0.25) is 0 Å². The Balaban J connectivity index is 1.26. The lowest BCUT2D eigenvalue weighted by molar-refractivity contribution is -0.139. The first-order valence-corrected chi connectivity index (χ1v) is 15.9. The zero-order valence-corrected chi connectivity index (χ0v) is 28.1. The molecule has 0 unspecified atom stereocenters. The predicted molar refractivity (Wildman–Crippen MR) is 186 cm³/mol. The molecule has 0 aliphatic carbocycles. The van der Waals surface area contributed by atoms with E-state index in [-0.39, 0.29) is 13.2 Å². The normalized spacial score (nSPS) is 14.5. The third-order valence-corrected chi connectivity index (χ3v) is 8.06. The number of thiocarbonyl (C=S) groups is 1. The fourth-order valence-electron chi connectivity index (χ4n) is 5.00. The minimum Gasteiger partial charge on any atom is -0.487 e. The molecule has 0 saturated heterocycles. The first kappa shape index (κ1) is 32.9. The third kappa shape index (κ3) is 7.85. The van der Waals surface area contributed by atoms with Crippen molar-refractivity contribution >= 4 is 73.7 Å². The van der Waals surface area contributed by atoms with Crippen LogP contribution < -0.4 is 25.5 Å². The van der Waals surface area contributed by atoms with Gasteiger partial charge in [-0.2, -0.15) is 5.10 Å². The van der Waals surface area contributed by atoms with Gasteiger partial charge in [-0.05, 0) is 76.5 Å². The van der Waals surface area contributed by atoms with Gasteiger partial charge >= 0.3 is 5.97 Å². The van der Waals surface area contributed by atoms with Gasteiger partial charge in [-0.25, -0.2) is 10.2 Å². The first-order valence-electron chi connectivity index (χ1n) is 14.3. The van der Waals surface area contributed by atoms with E-state index in [4.69, 9.17) is 38.0 Å². The van der Waals surface area contributed by atoms with Crippen LogP contribution in [0.1, 0.15) is 36.6 Å². The molecule has 4 aromatic rings. The number of fused-ring (bicyclic) bond motifs is 1. The van der Waals surface area contributed by atoms with Crippen molar-refractivity contribution in [3.63, 3.8) is 0 Å². The zero-order valence-electron chi connectivity index (χ0n) is 24.9. The van der Waals surface area contributed by atoms with Gasteiger partial charge in [-0.1, -0.05) is 72.3 Å². The van der Waals surface area contributed by atoms with Gasteiger partial charge in [0.1, 0.15) is 18.1 Å². The zero-order chi connectivity index (χ0) is 32.6. The number of para-hydroxylation sites is 1. The number of hydrogen-bond acceptors (Lipinski definition) is 7. The summed E-state index contributed by atoms with van der Waals surface area (Å²) in [6.07, 6.45) is 1.46. The second-order valence-electron chi connectivity index (χ2n) is 10.1. The maximum atomic E-state index is 12.8. The minimum absolute atomic E-state index is 0.218. The average molecular weight is 722 g/mol. The van der Waals surface area contributed by atoms with Crippen LogP contribution in [0.5, 0.6) is 11.5 Å². The molecular formula is C34H30BrClN4O5S. The Hall–Kier alpha value is -4.45. The molecule has 1 atom stereocenters. The van der Waals surface area contributed by atoms with Gasteiger partial charge in [0, 0.05) is 21.8 Å². The molecule has 1 aliphatic heterocycles. The number of benzene rings is 4. The molecule has 9 nitrogen and oxygen atoms in total. The van der Waals surface area contributed by atoms with Crippen LogP contribution in [-0.4, -0.2) is 36.4 Å². The van der Waals surface area contributed by atoms with Gasteiger partial charge in [0.05, 0.1) is 28.9 Å². The van der Waals surface area contributed by atoms with Crippen LogP contribution in [0, 0.1) is 0 Å². The minimum atomic E-state index is -0.640. The number of carbonyl (C=O) groups is 2. The third-order valence-electron chi connectivity index (χ3n) is 7.04. The molecule has 12 heteroatoms. The Morgan fingerprint density at radius 1 is 1.07 bits per heavy atom. The van der Waals surface area contributed by atoms with E-state index in [2.05, 4.69) is 55.3 Å². The highest BCUT2D eigenvalue weighted by Gasteiger charge is 2.32. The molecule has 5 rings (SSSR count). The van der Waals surface area contributed by atoms with Crippen molar-refractivity contribution in [2.45, 2.75) is 26.5 Å². The van der Waals surface area contributed by atoms with Crippen LogP contribution in [0.4, 0.5) is 0 Å². The summed E-state index contributed by atoms with van der Waals surface area (Å²) in [5, 5.41) is 13.2. The second-order valence-corrected chi connectivity index (χ2v) is 11.8. The van der Waals surface area contributed by atoms with Crippen molar-refractivity contribution in [3.05, 3.63) is 116 Å². The molecule has 0 spiro atoms. The average Bonchev–Trinajstić information content (AvgIpc) is 3.03. The summed E-state index contributed by atoms with van der Waals surface area (Å²) in [5.41, 5.74) is 5.62. The molecule has 3 N–H and O–H groups in total. The highest BCUT2D eigenvalue weighted by atomic mass is 79.9. The van der Waals surface area contributed by atoms with E-state index in [1.165, 1.54) is 6.21 Å². The SMILES string of the molecule is CCOC(=O)C1=C(C)NC(=S)N[C@H]1c1ccccc1OCC(=O)NN=Cc1cc(Cl)cc(Br)c1OCc1cccc2ccccc12. The van der Waals surface area contributed by atoms with Gasteiger partial charge in [0.25, 0.3) is 5.91 Å². The summed E-state index contributed by atoms with van der Waals surface area (Å²) >= 11 is 15.2. The van der Waals surface area contributed by atoms with E-state index in [0.717, 1.165) is 16.3 Å². The largest absolute Gasteiger partial charge is 0.487 e. The molecular weight excluding hydrogens is 692 g/mol. The van der Waals surface area contributed by atoms with Gasteiger partial charge in [-0.15, -0.1) is 0 Å². The number of nitrogens with one attached hydrogen (secondary N) is 3. The molecule has 0 radical (unpaired) electrons. The number of nitrogens with zero attached hydrogens (tertiary/aromatic N) is 1. The Kier molecular flexibility index (Phi) is 10.9. The number of carbonyl (C=O) groups excluding carboxylic acids is 2. The summed E-state index contributed by atoms with van der Waals surface area (Å²) in [4.78, 5) is 25.6. The summed E-state index contributed by atoms with van der Waals surface area (Å²) in [7, 11) is 0. The van der Waals surface area contributed by atoms with Crippen LogP contribution in [0.15, 0.2) is 99.7 Å². The monoisotopic (exact) mass is 720 g/mol. The predicted octanol–water partition coefficient (Wildman–Crippen LogP) is 6.72. The Morgan fingerprint density at radius 3 is 2.65 bits per heavy atom. The van der Waals surface area contributed by atoms with Crippen molar-refractivity contribution in [3.8, 4) is 11.5 Å². The van der Waals surface area contributed by atoms with Crippen molar-refractivity contribution in [1.29, 1.82) is 0 Å². The standard InChI is InChI=1S/C34H30BrClN4O5S/c1-3-43-33(42)30-20(2)38-34(46)39-31(30)26-13-6-7-14-28(26)44-19-29(41)40-37-17-23-15-24(36)16-27(35)32(23)45-18-22-11-8-10-21-9-4-5-12-25(21)22/h4-17,31H,3,18-19H2,1-2H3,(H,40,41)(H2,38,39,46)/t31-/m0/s1. The molecule has 0 saturated carbocycles. The highest BCUT2D eigenvalue weighted by Crippen LogP contribution is 2.34. The molecule has 1 heterocycles. The lowest BCUT2D eigenvalue weighted by atomic mass is 9.95. The molecule has 0 aromatic heterocycles. The van der Waals surface area contributed by atoms with Gasteiger partial charge < -0.3 is 24.8 Å². The van der Waals surface area contributed by atoms with Crippen molar-refractivity contribution < 1.29 is 23.8 Å². The van der Waals surface area contributed by atoms with Crippen LogP contribution >= 0.6 is 39.7 Å². The Labute approximate surface area is 285 Å². The molecule has 0 bridgehead atoms. The van der Waals surface area contributed by atoms with Crippen molar-refractivity contribution in [1.82, 2.24) is 16.1 Å². The van der Waals surface area contributed by atoms with Gasteiger partial charge in [0.15, 0.2) is 11.7 Å². The maximum absolute atomic E-state index is 12.8. The van der Waals surface area contributed by atoms with E-state index < -0.39 is 17.9 Å². The number of hydrazone groups is 1. The molecule has 4 aromatic carbocycles. The van der Waals surface area contributed by atoms with Crippen LogP contribution in [0.25, 0.3) is 10.8 Å². The van der Waals surface area contributed by atoms with E-state index in [1.54, 1.807) is 50.2 Å². The van der Waals surface area contributed by atoms with Crippen LogP contribution in [0.2, 0.25) is 5.02 Å². The van der Waals surface area contributed by atoms with Crippen molar-refractivity contribution in [2.75, 3.05) is 13.2 Å². The van der Waals surface area contributed by atoms with Gasteiger partial charge in [-0.3, -0.25) is 4.79 Å². The number of esters is 1. The molecule has 1 amide bonds. The second kappa shape index (κ2) is 15.2. The van der Waals surface area contributed by atoms with Crippen LogP contribution in [-0.2, 0) is 20.9 Å². The number of hydrogen-bond donors (Lipinski definition) is 3. The Morgan fingerprint density at radius 2 is 1.83 bits per heavy atom. The summed E-state index contributed by atoms with van der Waals surface area (Å²) in [5.74, 6) is -0.0750. The quantitative estimate of drug-likeness (QED) is 0.0678. The molecule has 46 heavy (non-hydrogen) atoms. The number of amides is 1. The van der Waals surface area contributed by atoms with E-state index >= 15 is 0 Å². The van der Waals surface area contributed by atoms with Crippen molar-refractivity contribution in [2.24, 2.45) is 5.10 Å². The molecule has 236 valence electrons. The number of rotatable bonds is 11. The lowest BCUT2D eigenvalue weighted by Crippen LogP contribution is -2.45. The Bertz CT molecular complexity index is 1860. The molecule has 0 fully saturated rings. The number of allylic oxidation sites excluding steroid dienone is 1. The van der Waals surface area contributed by atoms with E-state index in [9.17, 15) is 9.59 Å². The number of halogens is 2.